The summed E-state index contributed by atoms with van der Waals surface area (Å²) in [5.74, 6) is -0.402. The lowest BCUT2D eigenvalue weighted by atomic mass is 10.0. The molecular weight excluding hydrogens is 338 g/mol. The Kier molecular flexibility index (Phi) is 6.20. The van der Waals surface area contributed by atoms with Crippen LogP contribution in [0.15, 0.2) is 23.1 Å². The Bertz CT molecular complexity index is 685. The van der Waals surface area contributed by atoms with Crippen LogP contribution in [-0.2, 0) is 10.0 Å². The Hall–Kier alpha value is -1.15. The van der Waals surface area contributed by atoms with Crippen molar-refractivity contribution in [2.24, 2.45) is 0 Å². The van der Waals surface area contributed by atoms with Crippen LogP contribution in [0.2, 0.25) is 5.02 Å². The van der Waals surface area contributed by atoms with Gasteiger partial charge in [-0.15, -0.1) is 0 Å². The summed E-state index contributed by atoms with van der Waals surface area (Å²) in [6.07, 6.45) is 0. The fourth-order valence-corrected chi connectivity index (χ4v) is 2.73. The number of rotatable bonds is 6. The number of likely N-dealkylation sites (N-methyl/N-ethyl adjacent to an activating group) is 1. The Labute approximate surface area is 143 Å². The first kappa shape index (κ1) is 19.9. The van der Waals surface area contributed by atoms with Crippen molar-refractivity contribution in [3.63, 3.8) is 0 Å². The molecule has 1 rings (SSSR count). The second-order valence-corrected chi connectivity index (χ2v) is 8.88. The Morgan fingerprint density at radius 1 is 1.22 bits per heavy atom. The van der Waals surface area contributed by atoms with Crippen molar-refractivity contribution in [2.75, 3.05) is 34.7 Å². The third-order valence-corrected chi connectivity index (χ3v) is 5.99. The normalized spacial score (nSPS) is 12.7. The molecule has 0 aromatic heterocycles. The fraction of sp³-hybridized carbons (Fsp3) is 0.533. The lowest BCUT2D eigenvalue weighted by Gasteiger charge is -2.32. The van der Waals surface area contributed by atoms with E-state index in [1.54, 1.807) is 0 Å². The van der Waals surface area contributed by atoms with Crippen molar-refractivity contribution in [3.05, 3.63) is 28.8 Å². The Morgan fingerprint density at radius 2 is 1.78 bits per heavy atom. The molecule has 1 aromatic carbocycles. The molecule has 0 bridgehead atoms. The SMILES string of the molecule is CN(C)C(C)(C)CNC(=O)c1cc(S(=O)(=O)N(C)C)ccc1Cl. The molecule has 1 N–H and O–H groups in total. The number of amides is 1. The zero-order chi connectivity index (χ0) is 18.0. The largest absolute Gasteiger partial charge is 0.350 e. The van der Waals surface area contributed by atoms with E-state index in [1.807, 2.05) is 32.8 Å². The van der Waals surface area contributed by atoms with Gasteiger partial charge >= 0.3 is 0 Å². The van der Waals surface area contributed by atoms with Gasteiger partial charge in [-0.3, -0.25) is 4.79 Å². The van der Waals surface area contributed by atoms with E-state index in [2.05, 4.69) is 5.32 Å². The molecular formula is C15H24ClN3O3S. The molecule has 0 heterocycles. The van der Waals surface area contributed by atoms with Crippen LogP contribution in [0.25, 0.3) is 0 Å². The highest BCUT2D eigenvalue weighted by Gasteiger charge is 2.24. The van der Waals surface area contributed by atoms with E-state index in [0.29, 0.717) is 6.54 Å². The standard InChI is InChI=1S/C15H24ClN3O3S/c1-15(2,18(3)4)10-17-14(20)12-9-11(7-8-13(12)16)23(21,22)19(5)6/h7-9H,10H2,1-6H3,(H,17,20). The summed E-state index contributed by atoms with van der Waals surface area (Å²) in [5, 5.41) is 3.01. The van der Waals surface area contributed by atoms with Gasteiger partial charge in [0.25, 0.3) is 5.91 Å². The highest BCUT2D eigenvalue weighted by molar-refractivity contribution is 7.89. The number of hydrogen-bond acceptors (Lipinski definition) is 4. The second-order valence-electron chi connectivity index (χ2n) is 6.32. The molecule has 0 spiro atoms. The number of halogens is 1. The van der Waals surface area contributed by atoms with Gasteiger partial charge in [-0.2, -0.15) is 0 Å². The fourth-order valence-electron chi connectivity index (χ4n) is 1.60. The van der Waals surface area contributed by atoms with E-state index in [0.717, 1.165) is 4.31 Å². The maximum Gasteiger partial charge on any atom is 0.252 e. The smallest absolute Gasteiger partial charge is 0.252 e. The van der Waals surface area contributed by atoms with Crippen molar-refractivity contribution < 1.29 is 13.2 Å². The van der Waals surface area contributed by atoms with Crippen LogP contribution in [0.3, 0.4) is 0 Å². The monoisotopic (exact) mass is 361 g/mol. The molecule has 130 valence electrons. The highest BCUT2D eigenvalue weighted by Crippen LogP contribution is 2.22. The minimum Gasteiger partial charge on any atom is -0.350 e. The molecule has 6 nitrogen and oxygen atoms in total. The first-order valence-electron chi connectivity index (χ1n) is 7.07. The molecule has 23 heavy (non-hydrogen) atoms. The van der Waals surface area contributed by atoms with Gasteiger partial charge in [0.1, 0.15) is 0 Å². The first-order chi connectivity index (χ1) is 10.4. The third kappa shape index (κ3) is 4.67. The van der Waals surface area contributed by atoms with E-state index in [-0.39, 0.29) is 21.0 Å². The molecule has 0 aliphatic carbocycles. The number of nitrogens with one attached hydrogen (secondary N) is 1. The first-order valence-corrected chi connectivity index (χ1v) is 8.89. The molecule has 0 aliphatic heterocycles. The highest BCUT2D eigenvalue weighted by atomic mass is 35.5. The summed E-state index contributed by atoms with van der Waals surface area (Å²) in [6, 6.07) is 4.11. The molecule has 1 amide bonds. The average molecular weight is 362 g/mol. The molecule has 0 saturated carbocycles. The van der Waals surface area contributed by atoms with Gasteiger partial charge in [0.05, 0.1) is 15.5 Å². The maximum absolute atomic E-state index is 12.4. The van der Waals surface area contributed by atoms with E-state index < -0.39 is 15.9 Å². The number of hydrogen-bond donors (Lipinski definition) is 1. The second kappa shape index (κ2) is 7.17. The molecule has 0 saturated heterocycles. The average Bonchev–Trinajstić information content (AvgIpc) is 2.44. The minimum atomic E-state index is -3.62. The van der Waals surface area contributed by atoms with E-state index in [4.69, 9.17) is 11.6 Å². The molecule has 0 unspecified atom stereocenters. The summed E-state index contributed by atoms with van der Waals surface area (Å²) in [7, 11) is 3.09. The molecule has 0 aliphatic rings. The van der Waals surface area contributed by atoms with E-state index >= 15 is 0 Å². The van der Waals surface area contributed by atoms with Gasteiger partial charge in [-0.05, 0) is 46.1 Å². The van der Waals surface area contributed by atoms with Crippen molar-refractivity contribution in [2.45, 2.75) is 24.3 Å². The number of carbonyl (C=O) groups is 1. The topological polar surface area (TPSA) is 69.7 Å². The van der Waals surface area contributed by atoms with E-state index in [1.165, 1.54) is 32.3 Å². The van der Waals surface area contributed by atoms with Crippen molar-refractivity contribution in [1.29, 1.82) is 0 Å². The van der Waals surface area contributed by atoms with Gasteiger partial charge in [0.15, 0.2) is 0 Å². The van der Waals surface area contributed by atoms with Gasteiger partial charge in [0, 0.05) is 26.2 Å². The van der Waals surface area contributed by atoms with Crippen LogP contribution in [0.5, 0.6) is 0 Å². The predicted molar refractivity (Wildman–Crippen MR) is 92.4 cm³/mol. The number of benzene rings is 1. The Balaban J connectivity index is 3.07. The quantitative estimate of drug-likeness (QED) is 0.836. The number of carbonyl (C=O) groups excluding carboxylic acids is 1. The van der Waals surface area contributed by atoms with Crippen LogP contribution < -0.4 is 5.32 Å². The van der Waals surface area contributed by atoms with Gasteiger partial charge in [-0.1, -0.05) is 11.6 Å². The Morgan fingerprint density at radius 3 is 2.26 bits per heavy atom. The third-order valence-electron chi connectivity index (χ3n) is 3.85. The summed E-state index contributed by atoms with van der Waals surface area (Å²) >= 11 is 6.05. The maximum atomic E-state index is 12.4. The van der Waals surface area contributed by atoms with Gasteiger partial charge in [0.2, 0.25) is 10.0 Å². The molecule has 0 fully saturated rings. The predicted octanol–water partition coefficient (Wildman–Crippen LogP) is 1.66. The number of sulfonamides is 1. The molecule has 8 heteroatoms. The van der Waals surface area contributed by atoms with Gasteiger partial charge < -0.3 is 10.2 Å². The van der Waals surface area contributed by atoms with Crippen LogP contribution in [-0.4, -0.2) is 63.8 Å². The zero-order valence-electron chi connectivity index (χ0n) is 14.3. The van der Waals surface area contributed by atoms with Crippen molar-refractivity contribution in [3.8, 4) is 0 Å². The van der Waals surface area contributed by atoms with Crippen molar-refractivity contribution >= 4 is 27.5 Å². The molecule has 0 radical (unpaired) electrons. The summed E-state index contributed by atoms with van der Waals surface area (Å²) < 4.78 is 25.4. The van der Waals surface area contributed by atoms with Crippen LogP contribution in [0.1, 0.15) is 24.2 Å². The molecule has 1 aromatic rings. The zero-order valence-corrected chi connectivity index (χ0v) is 15.9. The lowest BCUT2D eigenvalue weighted by molar-refractivity contribution is 0.0919. The van der Waals surface area contributed by atoms with Crippen LogP contribution >= 0.6 is 11.6 Å². The summed E-state index contributed by atoms with van der Waals surface area (Å²) in [5.41, 5.74) is -0.0979. The molecule has 0 atom stereocenters. The lowest BCUT2D eigenvalue weighted by Crippen LogP contribution is -2.48. The van der Waals surface area contributed by atoms with Crippen molar-refractivity contribution in [1.82, 2.24) is 14.5 Å². The van der Waals surface area contributed by atoms with E-state index in [9.17, 15) is 13.2 Å². The minimum absolute atomic E-state index is 0.0314. The number of nitrogens with zero attached hydrogens (tertiary/aromatic N) is 2. The van der Waals surface area contributed by atoms with Gasteiger partial charge in [-0.25, -0.2) is 12.7 Å². The van der Waals surface area contributed by atoms with Crippen LogP contribution in [0, 0.1) is 0 Å². The van der Waals surface area contributed by atoms with Crippen LogP contribution in [0.4, 0.5) is 0 Å². The summed E-state index contributed by atoms with van der Waals surface area (Å²) in [4.78, 5) is 14.4. The summed E-state index contributed by atoms with van der Waals surface area (Å²) in [6.45, 7) is 4.38.